The monoisotopic (exact) mass is 358 g/mol. The lowest BCUT2D eigenvalue weighted by molar-refractivity contribution is 1.61. The topological polar surface area (TPSA) is 0 Å². The molecule has 0 bridgehead atoms. The Morgan fingerprint density at radius 2 is 1.13 bits per heavy atom. The van der Waals surface area contributed by atoms with Crippen molar-refractivity contribution in [3.8, 4) is 22.3 Å². The van der Waals surface area contributed by atoms with Crippen LogP contribution in [-0.4, -0.2) is 0 Å². The van der Waals surface area contributed by atoms with E-state index in [0.29, 0.717) is 0 Å². The van der Waals surface area contributed by atoms with Crippen molar-refractivity contribution in [1.29, 1.82) is 0 Å². The van der Waals surface area contributed by atoms with Crippen LogP contribution in [0.2, 0.25) is 0 Å². The summed E-state index contributed by atoms with van der Waals surface area (Å²) in [5.41, 5.74) is 5.00. The molecule has 0 spiro atoms. The SMILES string of the molecule is Brc1ccc2c(-c3ccccc3)cccc2c1-c1ccccc1. The number of halogens is 1. The lowest BCUT2D eigenvalue weighted by atomic mass is 9.93. The Balaban J connectivity index is 2.05. The van der Waals surface area contributed by atoms with E-state index < -0.39 is 0 Å². The van der Waals surface area contributed by atoms with Crippen LogP contribution in [0, 0.1) is 0 Å². The molecule has 0 amide bonds. The van der Waals surface area contributed by atoms with Gasteiger partial charge in [-0.2, -0.15) is 0 Å². The maximum atomic E-state index is 3.73. The zero-order valence-electron chi connectivity index (χ0n) is 12.5. The van der Waals surface area contributed by atoms with Gasteiger partial charge < -0.3 is 0 Å². The molecule has 0 aliphatic rings. The summed E-state index contributed by atoms with van der Waals surface area (Å²) in [4.78, 5) is 0. The molecular formula is C22H15Br. The molecular weight excluding hydrogens is 344 g/mol. The number of fused-ring (bicyclic) bond motifs is 1. The summed E-state index contributed by atoms with van der Waals surface area (Å²) in [7, 11) is 0. The third-order valence-electron chi connectivity index (χ3n) is 4.16. The zero-order chi connectivity index (χ0) is 15.6. The van der Waals surface area contributed by atoms with Crippen LogP contribution >= 0.6 is 15.9 Å². The van der Waals surface area contributed by atoms with Crippen LogP contribution in [0.15, 0.2) is 95.5 Å². The molecule has 0 aromatic heterocycles. The highest BCUT2D eigenvalue weighted by molar-refractivity contribution is 9.10. The van der Waals surface area contributed by atoms with Crippen LogP contribution in [0.3, 0.4) is 0 Å². The van der Waals surface area contributed by atoms with E-state index in [4.69, 9.17) is 0 Å². The normalized spacial score (nSPS) is 10.8. The fourth-order valence-electron chi connectivity index (χ4n) is 3.10. The first-order valence-corrected chi connectivity index (χ1v) is 8.46. The van der Waals surface area contributed by atoms with Gasteiger partial charge >= 0.3 is 0 Å². The van der Waals surface area contributed by atoms with Gasteiger partial charge in [0.25, 0.3) is 0 Å². The minimum absolute atomic E-state index is 1.13. The molecule has 0 heterocycles. The van der Waals surface area contributed by atoms with Crippen LogP contribution in [0.4, 0.5) is 0 Å². The maximum Gasteiger partial charge on any atom is 0.0260 e. The lowest BCUT2D eigenvalue weighted by Crippen LogP contribution is -1.86. The molecule has 0 N–H and O–H groups in total. The van der Waals surface area contributed by atoms with E-state index in [-0.39, 0.29) is 0 Å². The van der Waals surface area contributed by atoms with E-state index in [1.807, 2.05) is 0 Å². The number of rotatable bonds is 2. The minimum atomic E-state index is 1.13. The van der Waals surface area contributed by atoms with E-state index in [1.165, 1.54) is 33.0 Å². The van der Waals surface area contributed by atoms with Gasteiger partial charge in [-0.1, -0.05) is 101 Å². The molecule has 0 saturated heterocycles. The fourth-order valence-corrected chi connectivity index (χ4v) is 3.67. The summed E-state index contributed by atoms with van der Waals surface area (Å²) in [6.45, 7) is 0. The van der Waals surface area contributed by atoms with E-state index in [0.717, 1.165) is 4.47 Å². The van der Waals surface area contributed by atoms with Crippen molar-refractivity contribution in [3.05, 3.63) is 95.5 Å². The van der Waals surface area contributed by atoms with Crippen molar-refractivity contribution in [2.24, 2.45) is 0 Å². The molecule has 0 aliphatic heterocycles. The average molecular weight is 359 g/mol. The Labute approximate surface area is 144 Å². The second-order valence-electron chi connectivity index (χ2n) is 5.56. The molecule has 0 unspecified atom stereocenters. The van der Waals surface area contributed by atoms with Crippen molar-refractivity contribution in [2.75, 3.05) is 0 Å². The predicted molar refractivity (Wildman–Crippen MR) is 103 cm³/mol. The van der Waals surface area contributed by atoms with Gasteiger partial charge in [0.2, 0.25) is 0 Å². The van der Waals surface area contributed by atoms with Crippen LogP contribution in [-0.2, 0) is 0 Å². The number of benzene rings is 4. The van der Waals surface area contributed by atoms with Gasteiger partial charge in [-0.05, 0) is 33.5 Å². The Morgan fingerprint density at radius 3 is 1.83 bits per heavy atom. The first kappa shape index (κ1) is 14.2. The first-order valence-electron chi connectivity index (χ1n) is 7.67. The zero-order valence-corrected chi connectivity index (χ0v) is 14.1. The molecule has 0 fully saturated rings. The first-order chi connectivity index (χ1) is 11.3. The van der Waals surface area contributed by atoms with Crippen LogP contribution in [0.25, 0.3) is 33.0 Å². The van der Waals surface area contributed by atoms with Gasteiger partial charge in [0.05, 0.1) is 0 Å². The van der Waals surface area contributed by atoms with Crippen molar-refractivity contribution in [3.63, 3.8) is 0 Å². The molecule has 0 nitrogen and oxygen atoms in total. The average Bonchev–Trinajstić information content (AvgIpc) is 2.62. The molecule has 4 aromatic rings. The van der Waals surface area contributed by atoms with E-state index in [9.17, 15) is 0 Å². The molecule has 4 rings (SSSR count). The second kappa shape index (κ2) is 6.02. The Bertz CT molecular complexity index is 957. The predicted octanol–water partition coefficient (Wildman–Crippen LogP) is 6.94. The van der Waals surface area contributed by atoms with Gasteiger partial charge in [0.15, 0.2) is 0 Å². The van der Waals surface area contributed by atoms with Gasteiger partial charge in [-0.3, -0.25) is 0 Å². The van der Waals surface area contributed by atoms with E-state index in [2.05, 4.69) is 107 Å². The van der Waals surface area contributed by atoms with Crippen molar-refractivity contribution < 1.29 is 0 Å². The minimum Gasteiger partial charge on any atom is -0.0622 e. The molecule has 0 aliphatic carbocycles. The van der Waals surface area contributed by atoms with Crippen LogP contribution < -0.4 is 0 Å². The molecule has 23 heavy (non-hydrogen) atoms. The van der Waals surface area contributed by atoms with Gasteiger partial charge in [0.1, 0.15) is 0 Å². The van der Waals surface area contributed by atoms with Gasteiger partial charge in [0, 0.05) is 10.0 Å². The summed E-state index contributed by atoms with van der Waals surface area (Å²) >= 11 is 3.73. The molecule has 1 heteroatoms. The van der Waals surface area contributed by atoms with E-state index in [1.54, 1.807) is 0 Å². The maximum absolute atomic E-state index is 3.73. The fraction of sp³-hybridized carbons (Fsp3) is 0. The van der Waals surface area contributed by atoms with Gasteiger partial charge in [-0.25, -0.2) is 0 Å². The molecule has 0 saturated carbocycles. The van der Waals surface area contributed by atoms with Crippen molar-refractivity contribution >= 4 is 26.7 Å². The molecule has 110 valence electrons. The van der Waals surface area contributed by atoms with Crippen LogP contribution in [0.1, 0.15) is 0 Å². The highest BCUT2D eigenvalue weighted by Crippen LogP contribution is 2.38. The Morgan fingerprint density at radius 1 is 0.478 bits per heavy atom. The smallest absolute Gasteiger partial charge is 0.0260 e. The Hall–Kier alpha value is -2.38. The highest BCUT2D eigenvalue weighted by Gasteiger charge is 2.11. The highest BCUT2D eigenvalue weighted by atomic mass is 79.9. The summed E-state index contributed by atoms with van der Waals surface area (Å²) in [6, 6.07) is 32.0. The number of hydrogen-bond donors (Lipinski definition) is 0. The largest absolute Gasteiger partial charge is 0.0622 e. The van der Waals surface area contributed by atoms with E-state index >= 15 is 0 Å². The third kappa shape index (κ3) is 2.58. The quantitative estimate of drug-likeness (QED) is 0.364. The van der Waals surface area contributed by atoms with Crippen LogP contribution in [0.5, 0.6) is 0 Å². The molecule has 4 aromatic carbocycles. The Kier molecular flexibility index (Phi) is 3.72. The third-order valence-corrected chi connectivity index (χ3v) is 4.82. The molecule has 0 atom stereocenters. The standard InChI is InChI=1S/C22H15Br/c23-21-15-14-19-18(16-8-3-1-4-9-16)12-7-13-20(19)22(21)17-10-5-2-6-11-17/h1-15H. The second-order valence-corrected chi connectivity index (χ2v) is 6.41. The summed E-state index contributed by atoms with van der Waals surface area (Å²) < 4.78 is 1.13. The van der Waals surface area contributed by atoms with Crippen molar-refractivity contribution in [1.82, 2.24) is 0 Å². The summed E-state index contributed by atoms with van der Waals surface area (Å²) in [5.74, 6) is 0. The summed E-state index contributed by atoms with van der Waals surface area (Å²) in [6.07, 6.45) is 0. The van der Waals surface area contributed by atoms with Crippen molar-refractivity contribution in [2.45, 2.75) is 0 Å². The number of hydrogen-bond acceptors (Lipinski definition) is 0. The van der Waals surface area contributed by atoms with Gasteiger partial charge in [-0.15, -0.1) is 0 Å². The summed E-state index contributed by atoms with van der Waals surface area (Å²) in [5, 5.41) is 2.55. The molecule has 0 radical (unpaired) electrons. The lowest BCUT2D eigenvalue weighted by Gasteiger charge is -2.13.